The molecule has 178 valence electrons. The number of anilines is 2. The molecule has 4 aromatic rings. The summed E-state index contributed by atoms with van der Waals surface area (Å²) in [6.45, 7) is 1.57. The monoisotopic (exact) mass is 483 g/mol. The van der Waals surface area contributed by atoms with Crippen LogP contribution in [0.5, 0.6) is 0 Å². The molecule has 2 N–H and O–H groups in total. The second-order valence-corrected chi connectivity index (χ2v) is 7.46. The zero-order chi connectivity index (χ0) is 25.2. The third kappa shape index (κ3) is 5.35. The summed E-state index contributed by atoms with van der Waals surface area (Å²) in [7, 11) is 0. The van der Waals surface area contributed by atoms with Crippen molar-refractivity contribution in [2.45, 2.75) is 13.1 Å². The molecule has 0 saturated heterocycles. The summed E-state index contributed by atoms with van der Waals surface area (Å²) in [4.78, 5) is 29.1. The number of rotatable bonds is 5. The van der Waals surface area contributed by atoms with Crippen molar-refractivity contribution in [1.29, 1.82) is 0 Å². The first-order chi connectivity index (χ1) is 16.6. The Kier molecular flexibility index (Phi) is 6.32. The number of benzene rings is 2. The lowest BCUT2D eigenvalue weighted by atomic mass is 10.1. The second kappa shape index (κ2) is 9.37. The second-order valence-electron chi connectivity index (χ2n) is 7.46. The third-order valence-electron chi connectivity index (χ3n) is 5.01. The smallest absolute Gasteiger partial charge is 0.322 e. The van der Waals surface area contributed by atoms with Gasteiger partial charge in [0.25, 0.3) is 11.8 Å². The van der Waals surface area contributed by atoms with E-state index in [4.69, 9.17) is 0 Å². The predicted molar refractivity (Wildman–Crippen MR) is 120 cm³/mol. The van der Waals surface area contributed by atoms with Crippen LogP contribution in [0.15, 0.2) is 73.1 Å². The maximum absolute atomic E-state index is 13.3. The summed E-state index contributed by atoms with van der Waals surface area (Å²) < 4.78 is 52.9. The highest BCUT2D eigenvalue weighted by Gasteiger charge is 2.30. The summed E-state index contributed by atoms with van der Waals surface area (Å²) in [5, 5.41) is 9.29. The van der Waals surface area contributed by atoms with Crippen LogP contribution in [0.4, 0.5) is 28.9 Å². The van der Waals surface area contributed by atoms with Gasteiger partial charge in [-0.25, -0.2) is 14.1 Å². The maximum Gasteiger partial charge on any atom is 0.417 e. The fourth-order valence-electron chi connectivity index (χ4n) is 3.25. The van der Waals surface area contributed by atoms with Crippen molar-refractivity contribution in [3.05, 3.63) is 101 Å². The first kappa shape index (κ1) is 23.6. The van der Waals surface area contributed by atoms with Crippen LogP contribution in [0, 0.1) is 12.7 Å². The van der Waals surface area contributed by atoms with E-state index in [1.807, 2.05) is 0 Å². The Morgan fingerprint density at radius 3 is 2.23 bits per heavy atom. The summed E-state index contributed by atoms with van der Waals surface area (Å²) in [5.74, 6) is -1.41. The van der Waals surface area contributed by atoms with Crippen LogP contribution in [0.25, 0.3) is 5.82 Å². The van der Waals surface area contributed by atoms with Gasteiger partial charge in [0.15, 0.2) is 5.82 Å². The van der Waals surface area contributed by atoms with Crippen LogP contribution in [-0.4, -0.2) is 26.6 Å². The molecule has 4 rings (SSSR count). The van der Waals surface area contributed by atoms with E-state index in [0.29, 0.717) is 17.6 Å². The Labute approximate surface area is 196 Å². The molecule has 0 fully saturated rings. The molecule has 2 heterocycles. The van der Waals surface area contributed by atoms with E-state index in [1.165, 1.54) is 41.2 Å². The average molecular weight is 483 g/mol. The average Bonchev–Trinajstić information content (AvgIpc) is 3.20. The largest absolute Gasteiger partial charge is 0.417 e. The topological polar surface area (TPSA) is 88.9 Å². The number of alkyl halides is 3. The first-order valence-corrected chi connectivity index (χ1v) is 10.2. The van der Waals surface area contributed by atoms with Crippen molar-refractivity contribution in [1.82, 2.24) is 14.8 Å². The zero-order valence-electron chi connectivity index (χ0n) is 18.1. The molecule has 0 spiro atoms. The molecule has 0 atom stereocenters. The van der Waals surface area contributed by atoms with E-state index in [2.05, 4.69) is 20.7 Å². The van der Waals surface area contributed by atoms with Crippen LogP contribution in [0.3, 0.4) is 0 Å². The Morgan fingerprint density at radius 1 is 0.886 bits per heavy atom. The Bertz CT molecular complexity index is 1400. The maximum atomic E-state index is 13.3. The molecule has 2 aromatic carbocycles. The molecule has 35 heavy (non-hydrogen) atoms. The van der Waals surface area contributed by atoms with Gasteiger partial charge in [-0.2, -0.15) is 18.3 Å². The first-order valence-electron chi connectivity index (χ1n) is 10.2. The van der Waals surface area contributed by atoms with Gasteiger partial charge in [-0.1, -0.05) is 12.1 Å². The van der Waals surface area contributed by atoms with Gasteiger partial charge < -0.3 is 10.6 Å². The number of carbonyl (C=O) groups excluding carboxylic acids is 2. The molecule has 0 bridgehead atoms. The van der Waals surface area contributed by atoms with Gasteiger partial charge in [-0.05, 0) is 55.5 Å². The normalized spacial score (nSPS) is 11.2. The molecule has 0 saturated carbocycles. The molecule has 0 aliphatic rings. The van der Waals surface area contributed by atoms with Gasteiger partial charge in [0.2, 0.25) is 0 Å². The minimum absolute atomic E-state index is 0.116. The quantitative estimate of drug-likeness (QED) is 0.380. The van der Waals surface area contributed by atoms with Gasteiger partial charge in [0.1, 0.15) is 5.82 Å². The van der Waals surface area contributed by atoms with Crippen molar-refractivity contribution in [3.63, 3.8) is 0 Å². The van der Waals surface area contributed by atoms with Crippen molar-refractivity contribution in [2.24, 2.45) is 0 Å². The molecule has 7 nitrogen and oxygen atoms in total. The lowest BCUT2D eigenvalue weighted by molar-refractivity contribution is -0.137. The Hall–Kier alpha value is -4.54. The van der Waals surface area contributed by atoms with Crippen molar-refractivity contribution < 1.29 is 27.2 Å². The van der Waals surface area contributed by atoms with Gasteiger partial charge >= 0.3 is 6.18 Å². The van der Waals surface area contributed by atoms with Crippen LogP contribution in [-0.2, 0) is 6.18 Å². The fourth-order valence-corrected chi connectivity index (χ4v) is 3.25. The summed E-state index contributed by atoms with van der Waals surface area (Å²) in [6, 6.07) is 13.6. The van der Waals surface area contributed by atoms with Gasteiger partial charge in [-0.3, -0.25) is 9.59 Å². The molecule has 0 unspecified atom stereocenters. The molecule has 0 aliphatic carbocycles. The number of hydrogen-bond donors (Lipinski definition) is 2. The number of aromatic nitrogens is 3. The number of pyridine rings is 1. The molecule has 11 heteroatoms. The molecule has 2 aromatic heterocycles. The minimum Gasteiger partial charge on any atom is -0.322 e. The summed E-state index contributed by atoms with van der Waals surface area (Å²) >= 11 is 0. The van der Waals surface area contributed by atoms with Crippen molar-refractivity contribution in [3.8, 4) is 5.82 Å². The van der Waals surface area contributed by atoms with E-state index in [-0.39, 0.29) is 22.6 Å². The standard InChI is InChI=1S/C24H17F4N5O2/c1-14-20(13-30-33(14)21-9-8-16(12-29-21)24(26,27)28)23(35)32-18-6-2-4-15(10-18)22(34)31-19-7-3-5-17(25)11-19/h2-13H,1H3,(H,31,34)(H,32,35). The van der Waals surface area contributed by atoms with Gasteiger partial charge in [-0.15, -0.1) is 0 Å². The Morgan fingerprint density at radius 2 is 1.57 bits per heavy atom. The highest BCUT2D eigenvalue weighted by atomic mass is 19.4. The van der Waals surface area contributed by atoms with Crippen molar-refractivity contribution in [2.75, 3.05) is 10.6 Å². The molecule has 0 radical (unpaired) electrons. The molecular weight excluding hydrogens is 466 g/mol. The van der Waals surface area contributed by atoms with Gasteiger partial charge in [0, 0.05) is 23.1 Å². The summed E-state index contributed by atoms with van der Waals surface area (Å²) in [5.41, 5.74) is 0.459. The SMILES string of the molecule is Cc1c(C(=O)Nc2cccc(C(=O)Nc3cccc(F)c3)c2)cnn1-c1ccc(C(F)(F)F)cn1. The van der Waals surface area contributed by atoms with Crippen LogP contribution >= 0.6 is 0 Å². The summed E-state index contributed by atoms with van der Waals surface area (Å²) in [6.07, 6.45) is -2.56. The number of amides is 2. The lowest BCUT2D eigenvalue weighted by Gasteiger charge is -2.09. The number of nitrogens with zero attached hydrogens (tertiary/aromatic N) is 3. The van der Waals surface area contributed by atoms with E-state index in [1.54, 1.807) is 25.1 Å². The van der Waals surface area contributed by atoms with Gasteiger partial charge in [0.05, 0.1) is 23.0 Å². The number of hydrogen-bond acceptors (Lipinski definition) is 4. The van der Waals surface area contributed by atoms with E-state index >= 15 is 0 Å². The number of halogens is 4. The zero-order valence-corrected chi connectivity index (χ0v) is 18.1. The van der Waals surface area contributed by atoms with E-state index in [0.717, 1.165) is 12.1 Å². The van der Waals surface area contributed by atoms with Crippen LogP contribution in [0.2, 0.25) is 0 Å². The number of carbonyl (C=O) groups is 2. The van der Waals surface area contributed by atoms with Crippen LogP contribution in [0.1, 0.15) is 32.0 Å². The molecular formula is C24H17F4N5O2. The fraction of sp³-hybridized carbons (Fsp3) is 0.0833. The van der Waals surface area contributed by atoms with Crippen molar-refractivity contribution >= 4 is 23.2 Å². The lowest BCUT2D eigenvalue weighted by Crippen LogP contribution is -2.15. The highest BCUT2D eigenvalue weighted by molar-refractivity contribution is 6.07. The predicted octanol–water partition coefficient (Wildman–Crippen LogP) is 5.24. The highest BCUT2D eigenvalue weighted by Crippen LogP contribution is 2.29. The minimum atomic E-state index is -4.52. The van der Waals surface area contributed by atoms with E-state index in [9.17, 15) is 27.2 Å². The molecule has 0 aliphatic heterocycles. The number of nitrogens with one attached hydrogen (secondary N) is 2. The van der Waals surface area contributed by atoms with E-state index < -0.39 is 29.4 Å². The Balaban J connectivity index is 1.49. The third-order valence-corrected chi connectivity index (χ3v) is 5.01. The van der Waals surface area contributed by atoms with Crippen LogP contribution < -0.4 is 10.6 Å². The molecule has 2 amide bonds.